The second kappa shape index (κ2) is 8.64. The van der Waals surface area contributed by atoms with Gasteiger partial charge in [-0.05, 0) is 64.0 Å². The summed E-state index contributed by atoms with van der Waals surface area (Å²) in [7, 11) is 0. The standard InChI is InChI=1S/C25H35NO3/c1-6-7-8-9-18-13-21(27)23(20-12-16(4)10-11-19(20)15(2)3)24(28)22(18)25(29)26-14-17(26)5/h12-13,17,19-20,27-28H,2,6-11,14H2,1,3-5H3/t17-,19?,20?,26?/m1/s1. The van der Waals surface area contributed by atoms with Crippen molar-refractivity contribution < 1.29 is 15.0 Å². The number of carbonyl (C=O) groups is 1. The quantitative estimate of drug-likeness (QED) is 0.353. The van der Waals surface area contributed by atoms with Gasteiger partial charge < -0.3 is 15.1 Å². The third-order valence-corrected chi connectivity index (χ3v) is 6.50. The first kappa shape index (κ1) is 21.5. The van der Waals surface area contributed by atoms with Gasteiger partial charge >= 0.3 is 0 Å². The normalized spacial score (nSPS) is 23.7. The van der Waals surface area contributed by atoms with Gasteiger partial charge in [0.15, 0.2) is 0 Å². The Morgan fingerprint density at radius 1 is 1.31 bits per heavy atom. The van der Waals surface area contributed by atoms with Gasteiger partial charge in [-0.3, -0.25) is 4.79 Å². The number of rotatable bonds is 7. The summed E-state index contributed by atoms with van der Waals surface area (Å²) in [6, 6.07) is 1.93. The molecule has 1 aromatic carbocycles. The van der Waals surface area contributed by atoms with Crippen molar-refractivity contribution in [1.29, 1.82) is 0 Å². The minimum atomic E-state index is -0.163. The van der Waals surface area contributed by atoms with E-state index < -0.39 is 0 Å². The summed E-state index contributed by atoms with van der Waals surface area (Å²) in [6.07, 6.45) is 7.80. The Labute approximate surface area is 174 Å². The van der Waals surface area contributed by atoms with Crippen molar-refractivity contribution in [3.05, 3.63) is 46.6 Å². The van der Waals surface area contributed by atoms with Gasteiger partial charge in [-0.25, -0.2) is 0 Å². The van der Waals surface area contributed by atoms with Crippen molar-refractivity contribution in [3.8, 4) is 11.5 Å². The van der Waals surface area contributed by atoms with Gasteiger partial charge in [0.25, 0.3) is 5.91 Å². The molecule has 0 spiro atoms. The average Bonchev–Trinajstić information content (AvgIpc) is 3.38. The van der Waals surface area contributed by atoms with E-state index >= 15 is 0 Å². The minimum absolute atomic E-state index is 0.0391. The topological polar surface area (TPSA) is 60.5 Å². The highest BCUT2D eigenvalue weighted by atomic mass is 16.3. The number of unbranched alkanes of at least 4 members (excludes halogenated alkanes) is 2. The van der Waals surface area contributed by atoms with E-state index in [1.54, 1.807) is 11.0 Å². The molecule has 0 radical (unpaired) electrons. The Kier molecular flexibility index (Phi) is 6.40. The van der Waals surface area contributed by atoms with E-state index in [2.05, 4.69) is 26.5 Å². The Balaban J connectivity index is 2.11. The summed E-state index contributed by atoms with van der Waals surface area (Å²) in [5.74, 6) is -0.0887. The molecule has 1 saturated heterocycles. The number of phenolic OH excluding ortho intramolecular Hbond substituents is 2. The van der Waals surface area contributed by atoms with Crippen LogP contribution in [0.2, 0.25) is 0 Å². The van der Waals surface area contributed by atoms with E-state index in [1.807, 2.05) is 13.8 Å². The highest BCUT2D eigenvalue weighted by Gasteiger charge is 2.39. The first-order valence-electron chi connectivity index (χ1n) is 11.0. The van der Waals surface area contributed by atoms with Crippen molar-refractivity contribution in [2.45, 2.75) is 78.2 Å². The summed E-state index contributed by atoms with van der Waals surface area (Å²) >= 11 is 0. The van der Waals surface area contributed by atoms with Gasteiger partial charge in [-0.1, -0.05) is 43.6 Å². The molecule has 3 rings (SSSR count). The van der Waals surface area contributed by atoms with Crippen molar-refractivity contribution in [3.63, 3.8) is 0 Å². The molecule has 1 heterocycles. The lowest BCUT2D eigenvalue weighted by Gasteiger charge is -2.32. The first-order valence-corrected chi connectivity index (χ1v) is 11.0. The van der Waals surface area contributed by atoms with Crippen molar-refractivity contribution >= 4 is 5.91 Å². The Morgan fingerprint density at radius 2 is 2.00 bits per heavy atom. The molecular formula is C25H35NO3. The van der Waals surface area contributed by atoms with Gasteiger partial charge in [0.2, 0.25) is 0 Å². The second-order valence-corrected chi connectivity index (χ2v) is 8.99. The Hall–Kier alpha value is -2.23. The fourth-order valence-electron chi connectivity index (χ4n) is 4.62. The van der Waals surface area contributed by atoms with E-state index in [0.29, 0.717) is 17.5 Å². The SMILES string of the molecule is C=C(C)C1CCC(C)=CC1c1c(O)cc(CCCCC)c(C(=O)N2C[C@H]2C)c1O. The van der Waals surface area contributed by atoms with Crippen LogP contribution in [0.3, 0.4) is 0 Å². The van der Waals surface area contributed by atoms with Crippen LogP contribution in [-0.4, -0.2) is 33.6 Å². The highest BCUT2D eigenvalue weighted by molar-refractivity contribution is 6.00. The first-order chi connectivity index (χ1) is 13.8. The smallest absolute Gasteiger partial charge is 0.258 e. The molecule has 0 bridgehead atoms. The van der Waals surface area contributed by atoms with E-state index in [4.69, 9.17) is 0 Å². The molecule has 29 heavy (non-hydrogen) atoms. The maximum absolute atomic E-state index is 13.2. The van der Waals surface area contributed by atoms with E-state index in [1.165, 1.54) is 5.57 Å². The van der Waals surface area contributed by atoms with Crippen LogP contribution in [0.15, 0.2) is 29.9 Å². The molecule has 1 aliphatic carbocycles. The van der Waals surface area contributed by atoms with Crippen LogP contribution in [0.25, 0.3) is 0 Å². The van der Waals surface area contributed by atoms with Crippen LogP contribution in [-0.2, 0) is 6.42 Å². The summed E-state index contributed by atoms with van der Waals surface area (Å²) in [4.78, 5) is 14.9. The van der Waals surface area contributed by atoms with Crippen molar-refractivity contribution in [1.82, 2.24) is 4.90 Å². The van der Waals surface area contributed by atoms with Crippen molar-refractivity contribution in [2.24, 2.45) is 5.92 Å². The number of amides is 1. The van der Waals surface area contributed by atoms with E-state index in [0.717, 1.165) is 49.8 Å². The third kappa shape index (κ3) is 4.36. The lowest BCUT2D eigenvalue weighted by Crippen LogP contribution is -2.20. The molecule has 2 aliphatic rings. The summed E-state index contributed by atoms with van der Waals surface area (Å²) in [6.45, 7) is 13.1. The summed E-state index contributed by atoms with van der Waals surface area (Å²) in [5, 5.41) is 22.2. The highest BCUT2D eigenvalue weighted by Crippen LogP contribution is 2.48. The molecule has 1 aliphatic heterocycles. The lowest BCUT2D eigenvalue weighted by atomic mass is 9.73. The van der Waals surface area contributed by atoms with Gasteiger partial charge in [-0.2, -0.15) is 0 Å². The number of phenols is 2. The Morgan fingerprint density at radius 3 is 2.59 bits per heavy atom. The number of carbonyl (C=O) groups excluding carboxylic acids is 1. The van der Waals surface area contributed by atoms with Crippen LogP contribution in [0.4, 0.5) is 0 Å². The molecule has 3 atom stereocenters. The van der Waals surface area contributed by atoms with Gasteiger partial charge in [0, 0.05) is 24.1 Å². The number of hydrogen-bond acceptors (Lipinski definition) is 3. The maximum Gasteiger partial charge on any atom is 0.258 e. The number of benzene rings is 1. The van der Waals surface area contributed by atoms with Crippen LogP contribution in [0.5, 0.6) is 11.5 Å². The molecule has 4 heteroatoms. The zero-order valence-electron chi connectivity index (χ0n) is 18.3. The van der Waals surface area contributed by atoms with Gasteiger partial charge in [0.05, 0.1) is 5.56 Å². The van der Waals surface area contributed by atoms with Crippen molar-refractivity contribution in [2.75, 3.05) is 6.54 Å². The number of aryl methyl sites for hydroxylation is 1. The van der Waals surface area contributed by atoms with Gasteiger partial charge in [0.1, 0.15) is 11.5 Å². The number of allylic oxidation sites excluding steroid dienone is 3. The van der Waals surface area contributed by atoms with Crippen LogP contribution in [0, 0.1) is 5.92 Å². The number of aromatic hydroxyl groups is 2. The average molecular weight is 398 g/mol. The predicted molar refractivity (Wildman–Crippen MR) is 118 cm³/mol. The fraction of sp³-hybridized carbons (Fsp3) is 0.560. The second-order valence-electron chi connectivity index (χ2n) is 8.99. The summed E-state index contributed by atoms with van der Waals surface area (Å²) < 4.78 is 0. The molecule has 2 unspecified atom stereocenters. The molecule has 1 aromatic rings. The molecular weight excluding hydrogens is 362 g/mol. The monoisotopic (exact) mass is 397 g/mol. The van der Waals surface area contributed by atoms with Crippen LogP contribution >= 0.6 is 0 Å². The zero-order chi connectivity index (χ0) is 21.3. The molecule has 158 valence electrons. The third-order valence-electron chi connectivity index (χ3n) is 6.50. The van der Waals surface area contributed by atoms with Crippen LogP contribution < -0.4 is 0 Å². The molecule has 1 fully saturated rings. The molecule has 1 amide bonds. The summed E-state index contributed by atoms with van der Waals surface area (Å²) in [5.41, 5.74) is 3.90. The largest absolute Gasteiger partial charge is 0.507 e. The van der Waals surface area contributed by atoms with Gasteiger partial charge in [-0.15, -0.1) is 0 Å². The molecule has 0 saturated carbocycles. The minimum Gasteiger partial charge on any atom is -0.507 e. The lowest BCUT2D eigenvalue weighted by molar-refractivity contribution is 0.0872. The number of nitrogens with zero attached hydrogens (tertiary/aromatic N) is 1. The van der Waals surface area contributed by atoms with E-state index in [-0.39, 0.29) is 35.3 Å². The van der Waals surface area contributed by atoms with Crippen LogP contribution in [0.1, 0.15) is 87.2 Å². The molecule has 0 aromatic heterocycles. The zero-order valence-corrected chi connectivity index (χ0v) is 18.3. The number of hydrogen-bond donors (Lipinski definition) is 2. The molecule has 2 N–H and O–H groups in total. The molecule has 4 nitrogen and oxygen atoms in total. The van der Waals surface area contributed by atoms with E-state index in [9.17, 15) is 15.0 Å². The fourth-order valence-corrected chi connectivity index (χ4v) is 4.62. The predicted octanol–water partition coefficient (Wildman–Crippen LogP) is 5.69. The Bertz CT molecular complexity index is 839. The maximum atomic E-state index is 13.2.